The van der Waals surface area contributed by atoms with Crippen molar-refractivity contribution in [3.63, 3.8) is 0 Å². The molecule has 47 heavy (non-hydrogen) atoms. The molecule has 0 spiro atoms. The lowest BCUT2D eigenvalue weighted by molar-refractivity contribution is -0.149. The Morgan fingerprint density at radius 1 is 1.04 bits per heavy atom. The van der Waals surface area contributed by atoms with Gasteiger partial charge < -0.3 is 14.0 Å². The quantitative estimate of drug-likeness (QED) is 0.125. The second-order valence-corrected chi connectivity index (χ2v) is 15.4. The number of aryl methyl sites for hydroxylation is 1. The second kappa shape index (κ2) is 17.4. The van der Waals surface area contributed by atoms with Crippen LogP contribution in [0.1, 0.15) is 70.6 Å². The first-order valence-electron chi connectivity index (χ1n) is 15.1. The number of benzene rings is 2. The molecule has 1 aliphatic carbocycles. The Labute approximate surface area is 292 Å². The fraction of sp³-hybridized carbons (Fsp3) is 0.412. The number of aromatic nitrogens is 2. The minimum absolute atomic E-state index is 0.114. The van der Waals surface area contributed by atoms with Crippen molar-refractivity contribution < 1.29 is 27.8 Å². The lowest BCUT2D eigenvalue weighted by Gasteiger charge is -2.20. The minimum Gasteiger partial charge on any atom is -0.457 e. The summed E-state index contributed by atoms with van der Waals surface area (Å²) in [6.07, 6.45) is 0.615. The third kappa shape index (κ3) is 11.3. The average molecular weight is 721 g/mol. The van der Waals surface area contributed by atoms with E-state index in [0.717, 1.165) is 11.5 Å². The molecule has 3 atom stereocenters. The van der Waals surface area contributed by atoms with Gasteiger partial charge in [0.15, 0.2) is 0 Å². The third-order valence-electron chi connectivity index (χ3n) is 7.11. The molecule has 1 saturated carbocycles. The monoisotopic (exact) mass is 719 g/mol. The van der Waals surface area contributed by atoms with Crippen LogP contribution >= 0.6 is 29.9 Å². The highest BCUT2D eigenvalue weighted by atomic mass is 35.5. The van der Waals surface area contributed by atoms with Crippen LogP contribution in [0.25, 0.3) is 0 Å². The normalized spacial score (nSPS) is 17.0. The van der Waals surface area contributed by atoms with E-state index in [4.69, 9.17) is 58.1 Å². The second-order valence-electron chi connectivity index (χ2n) is 11.4. The molecule has 0 saturated heterocycles. The number of carbonyl (C=O) groups excluding carboxylic acids is 1. The lowest BCUT2D eigenvalue weighted by atomic mass is 10.1. The average Bonchev–Trinajstić information content (AvgIpc) is 3.54. The molecule has 13 heteroatoms. The van der Waals surface area contributed by atoms with Crippen LogP contribution < -0.4 is 9.26 Å². The van der Waals surface area contributed by atoms with Crippen molar-refractivity contribution in [2.45, 2.75) is 60.5 Å². The zero-order valence-electron chi connectivity index (χ0n) is 27.5. The first-order chi connectivity index (χ1) is 22.2. The van der Waals surface area contributed by atoms with Gasteiger partial charge in [0.25, 0.3) is 0 Å². The van der Waals surface area contributed by atoms with E-state index in [1.165, 1.54) is 0 Å². The number of rotatable bonds is 13. The number of nitriles is 1. The van der Waals surface area contributed by atoms with Crippen LogP contribution in [0.15, 0.2) is 71.2 Å². The van der Waals surface area contributed by atoms with Crippen molar-refractivity contribution in [1.29, 1.82) is 5.26 Å². The van der Waals surface area contributed by atoms with Gasteiger partial charge in [0, 0.05) is 35.0 Å². The zero-order valence-corrected chi connectivity index (χ0v) is 30.7. The molecule has 0 N–H and O–H groups in total. The maximum absolute atomic E-state index is 12.6. The van der Waals surface area contributed by atoms with Gasteiger partial charge in [-0.1, -0.05) is 81.2 Å². The Kier molecular flexibility index (Phi) is 14.2. The predicted molar refractivity (Wildman–Crippen MR) is 187 cm³/mol. The van der Waals surface area contributed by atoms with E-state index in [-0.39, 0.29) is 27.7 Å². The lowest BCUT2D eigenvalue weighted by Crippen LogP contribution is -2.14. The number of halogens is 2. The summed E-state index contributed by atoms with van der Waals surface area (Å²) in [5.41, 5.74) is 1.07. The van der Waals surface area contributed by atoms with Gasteiger partial charge in [-0.05, 0) is 62.4 Å². The number of hydrogen-bond acceptors (Lipinski definition) is 10. The molecule has 1 fully saturated rings. The fourth-order valence-corrected chi connectivity index (χ4v) is 6.95. The van der Waals surface area contributed by atoms with Crippen LogP contribution in [0.4, 0.5) is 0 Å². The SMILES string of the molecule is CC1(C)C(C=C(Cl)Cl)C1C(=O)OC(C#N)c1cccc(Oc2ccccc2)c1.CCOP(=S)(OCC)Oc1cc(C)nc(C(C)C)n1. The predicted octanol–water partition coefficient (Wildman–Crippen LogP) is 9.76. The van der Waals surface area contributed by atoms with Gasteiger partial charge in [-0.3, -0.25) is 13.8 Å². The summed E-state index contributed by atoms with van der Waals surface area (Å²) in [6.45, 7) is 11.7. The van der Waals surface area contributed by atoms with Crippen molar-refractivity contribution in [3.05, 3.63) is 88.3 Å². The van der Waals surface area contributed by atoms with E-state index in [1.54, 1.807) is 36.4 Å². The molecule has 4 rings (SSSR count). The Bertz CT molecular complexity index is 1620. The number of allylic oxidation sites excluding steroid dienone is 1. The molecule has 0 amide bonds. The molecule has 1 heterocycles. The van der Waals surface area contributed by atoms with Crippen molar-refractivity contribution in [2.75, 3.05) is 13.2 Å². The summed E-state index contributed by atoms with van der Waals surface area (Å²) in [7, 11) is 0. The summed E-state index contributed by atoms with van der Waals surface area (Å²) in [5, 5.41) is 9.53. The molecule has 3 unspecified atom stereocenters. The minimum atomic E-state index is -2.77. The molecular weight excluding hydrogens is 680 g/mol. The summed E-state index contributed by atoms with van der Waals surface area (Å²) in [5.74, 6) is 1.66. The van der Waals surface area contributed by atoms with Gasteiger partial charge in [-0.2, -0.15) is 10.2 Å². The van der Waals surface area contributed by atoms with Crippen molar-refractivity contribution in [1.82, 2.24) is 9.97 Å². The number of carbonyl (C=O) groups is 1. The van der Waals surface area contributed by atoms with Gasteiger partial charge in [0.1, 0.15) is 27.9 Å². The molecule has 2 aromatic carbocycles. The first-order valence-corrected chi connectivity index (χ1v) is 18.4. The number of ether oxygens (including phenoxy) is 2. The maximum atomic E-state index is 12.6. The van der Waals surface area contributed by atoms with Crippen molar-refractivity contribution in [2.24, 2.45) is 17.3 Å². The highest BCUT2D eigenvalue weighted by molar-refractivity contribution is 8.07. The molecule has 0 radical (unpaired) electrons. The molecule has 9 nitrogen and oxygen atoms in total. The molecule has 1 aliphatic rings. The zero-order chi connectivity index (χ0) is 34.8. The van der Waals surface area contributed by atoms with E-state index < -0.39 is 18.8 Å². The Morgan fingerprint density at radius 2 is 1.68 bits per heavy atom. The van der Waals surface area contributed by atoms with Gasteiger partial charge >= 0.3 is 12.7 Å². The topological polar surface area (TPSA) is 113 Å². The summed E-state index contributed by atoms with van der Waals surface area (Å²) in [6, 6.07) is 20.0. The Hall–Kier alpha value is -3.03. The Morgan fingerprint density at radius 3 is 2.26 bits per heavy atom. The van der Waals surface area contributed by atoms with Crippen LogP contribution in [0.5, 0.6) is 17.4 Å². The number of para-hydroxylation sites is 1. The van der Waals surface area contributed by atoms with E-state index in [2.05, 4.69) is 9.97 Å². The van der Waals surface area contributed by atoms with Gasteiger partial charge in [-0.15, -0.1) is 0 Å². The first kappa shape index (κ1) is 38.4. The van der Waals surface area contributed by atoms with Crippen LogP contribution in [0.2, 0.25) is 0 Å². The Balaban J connectivity index is 0.000000277. The van der Waals surface area contributed by atoms with Crippen LogP contribution in [0.3, 0.4) is 0 Å². The van der Waals surface area contributed by atoms with E-state index in [9.17, 15) is 10.1 Å². The van der Waals surface area contributed by atoms with Gasteiger partial charge in [-0.25, -0.2) is 4.98 Å². The molecule has 3 aromatic rings. The smallest absolute Gasteiger partial charge is 0.381 e. The molecule has 1 aromatic heterocycles. The number of esters is 1. The summed E-state index contributed by atoms with van der Waals surface area (Å²) in [4.78, 5) is 21.3. The maximum Gasteiger partial charge on any atom is 0.381 e. The molecule has 0 aliphatic heterocycles. The van der Waals surface area contributed by atoms with Crippen LogP contribution in [0, 0.1) is 35.5 Å². The molecule has 252 valence electrons. The highest BCUT2D eigenvalue weighted by Crippen LogP contribution is 2.60. The highest BCUT2D eigenvalue weighted by Gasteiger charge is 2.62. The molecular formula is C34H40Cl2N3O6PS. The summed E-state index contributed by atoms with van der Waals surface area (Å²) < 4.78 is 28.0. The van der Waals surface area contributed by atoms with Gasteiger partial charge in [0.05, 0.1) is 19.1 Å². The number of nitrogens with zero attached hydrogens (tertiary/aromatic N) is 3. The fourth-order valence-electron chi connectivity index (χ4n) is 4.69. The van der Waals surface area contributed by atoms with Crippen molar-refractivity contribution in [3.8, 4) is 23.4 Å². The van der Waals surface area contributed by atoms with Crippen LogP contribution in [-0.4, -0.2) is 29.2 Å². The standard InChI is InChI=1S/C22H19Cl2NO3.C12H21N2O3PS/c1-22(2)17(12-19(23)24)20(22)21(26)28-18(13-25)14-7-6-10-16(11-14)27-15-8-4-3-5-9-15;1-6-15-18(19,16-7-2)17-11-8-10(5)13-12(14-11)9(3)4/h3-12,17-18,20H,1-2H3;8-9H,6-7H2,1-5H3. The van der Waals surface area contributed by atoms with Crippen LogP contribution in [-0.2, 0) is 30.4 Å². The number of hydrogen-bond donors (Lipinski definition) is 0. The van der Waals surface area contributed by atoms with E-state index in [0.29, 0.717) is 36.2 Å². The van der Waals surface area contributed by atoms with E-state index in [1.807, 2.05) is 84.9 Å². The third-order valence-corrected chi connectivity index (χ3v) is 9.77. The van der Waals surface area contributed by atoms with E-state index >= 15 is 0 Å². The largest absolute Gasteiger partial charge is 0.457 e. The van der Waals surface area contributed by atoms with Gasteiger partial charge in [0.2, 0.25) is 12.0 Å². The molecule has 0 bridgehead atoms. The van der Waals surface area contributed by atoms with Crippen molar-refractivity contribution >= 4 is 47.7 Å². The summed E-state index contributed by atoms with van der Waals surface area (Å²) >= 11 is 16.8.